The van der Waals surface area contributed by atoms with Crippen LogP contribution in [-0.2, 0) is 18.4 Å². The van der Waals surface area contributed by atoms with Crippen LogP contribution < -0.4 is 9.47 Å². The molecular formula is C24H22N4O4. The van der Waals surface area contributed by atoms with Crippen LogP contribution >= 0.6 is 0 Å². The number of aliphatic carboxylic acids is 1. The van der Waals surface area contributed by atoms with E-state index in [1.807, 2.05) is 78.9 Å². The van der Waals surface area contributed by atoms with E-state index in [0.29, 0.717) is 18.2 Å². The van der Waals surface area contributed by atoms with Crippen LogP contribution in [0.25, 0.3) is 0 Å². The zero-order valence-corrected chi connectivity index (χ0v) is 17.5. The number of carbonyl (C=O) groups is 1. The summed E-state index contributed by atoms with van der Waals surface area (Å²) < 4.78 is 13.3. The molecule has 0 aliphatic heterocycles. The van der Waals surface area contributed by atoms with Gasteiger partial charge in [0.15, 0.2) is 5.82 Å². The van der Waals surface area contributed by atoms with Crippen LogP contribution in [0, 0.1) is 0 Å². The standard InChI is InChI=1S/C24H22N4O4/c1-28-24(25-26-27-28)22(15-23(29)30)18-10-12-19(13-11-18)31-16-17-6-5-9-21(14-17)32-20-7-3-2-4-8-20/h2-14,22H,15-16H2,1H3,(H,29,30). The summed E-state index contributed by atoms with van der Waals surface area (Å²) in [6.07, 6.45) is -0.109. The third-order valence-electron chi connectivity index (χ3n) is 4.91. The molecule has 1 N–H and O–H groups in total. The number of tetrazole rings is 1. The summed E-state index contributed by atoms with van der Waals surface area (Å²) >= 11 is 0. The molecule has 1 heterocycles. The van der Waals surface area contributed by atoms with E-state index in [1.54, 1.807) is 7.05 Å². The molecule has 3 aromatic carbocycles. The van der Waals surface area contributed by atoms with E-state index in [0.717, 1.165) is 22.6 Å². The number of rotatable bonds is 9. The molecule has 0 aliphatic carbocycles. The molecule has 1 atom stereocenters. The van der Waals surface area contributed by atoms with Crippen LogP contribution in [0.3, 0.4) is 0 Å². The number of carboxylic acids is 1. The monoisotopic (exact) mass is 430 g/mol. The second-order valence-electron chi connectivity index (χ2n) is 7.23. The van der Waals surface area contributed by atoms with Crippen LogP contribution in [0.2, 0.25) is 0 Å². The fourth-order valence-corrected chi connectivity index (χ4v) is 3.35. The van der Waals surface area contributed by atoms with Gasteiger partial charge in [0.25, 0.3) is 0 Å². The van der Waals surface area contributed by atoms with Crippen molar-refractivity contribution in [2.24, 2.45) is 7.05 Å². The number of nitrogens with zero attached hydrogens (tertiary/aromatic N) is 4. The number of aryl methyl sites for hydroxylation is 1. The molecule has 0 radical (unpaired) electrons. The quantitative estimate of drug-likeness (QED) is 0.425. The summed E-state index contributed by atoms with van der Waals surface area (Å²) in [4.78, 5) is 11.3. The summed E-state index contributed by atoms with van der Waals surface area (Å²) in [6.45, 7) is 0.372. The Morgan fingerprint density at radius 1 is 0.969 bits per heavy atom. The Morgan fingerprint density at radius 3 is 2.41 bits per heavy atom. The summed E-state index contributed by atoms with van der Waals surface area (Å²) in [6, 6.07) is 24.6. The number of ether oxygens (including phenoxy) is 2. The molecule has 8 heteroatoms. The summed E-state index contributed by atoms with van der Waals surface area (Å²) in [7, 11) is 1.69. The summed E-state index contributed by atoms with van der Waals surface area (Å²) in [5.41, 5.74) is 1.77. The summed E-state index contributed by atoms with van der Waals surface area (Å²) in [5.74, 6) is 1.31. The highest BCUT2D eigenvalue weighted by atomic mass is 16.5. The average molecular weight is 430 g/mol. The van der Waals surface area contributed by atoms with Gasteiger partial charge in [-0.15, -0.1) is 5.10 Å². The predicted octanol–water partition coefficient (Wildman–Crippen LogP) is 4.19. The molecule has 0 fully saturated rings. The second-order valence-corrected chi connectivity index (χ2v) is 7.23. The maximum Gasteiger partial charge on any atom is 0.304 e. The second kappa shape index (κ2) is 9.74. The van der Waals surface area contributed by atoms with Crippen molar-refractivity contribution < 1.29 is 19.4 Å². The number of aromatic nitrogens is 4. The molecule has 1 aromatic heterocycles. The highest BCUT2D eigenvalue weighted by molar-refractivity contribution is 5.68. The third-order valence-corrected chi connectivity index (χ3v) is 4.91. The Balaban J connectivity index is 1.42. The van der Waals surface area contributed by atoms with Crippen molar-refractivity contribution in [2.75, 3.05) is 0 Å². The van der Waals surface area contributed by atoms with Gasteiger partial charge in [0, 0.05) is 7.05 Å². The van der Waals surface area contributed by atoms with Gasteiger partial charge in [0.1, 0.15) is 23.9 Å². The molecule has 0 spiro atoms. The van der Waals surface area contributed by atoms with E-state index < -0.39 is 11.9 Å². The molecule has 1 unspecified atom stereocenters. The van der Waals surface area contributed by atoms with Gasteiger partial charge < -0.3 is 14.6 Å². The number of para-hydroxylation sites is 1. The van der Waals surface area contributed by atoms with Gasteiger partial charge in [-0.3, -0.25) is 4.79 Å². The SMILES string of the molecule is Cn1nnnc1C(CC(=O)O)c1ccc(OCc2cccc(Oc3ccccc3)c2)cc1. The van der Waals surface area contributed by atoms with Crippen LogP contribution in [0.5, 0.6) is 17.2 Å². The van der Waals surface area contributed by atoms with E-state index in [4.69, 9.17) is 9.47 Å². The van der Waals surface area contributed by atoms with Crippen molar-refractivity contribution in [1.82, 2.24) is 20.2 Å². The van der Waals surface area contributed by atoms with Crippen molar-refractivity contribution in [3.63, 3.8) is 0 Å². The minimum absolute atomic E-state index is 0.109. The largest absolute Gasteiger partial charge is 0.489 e. The fraction of sp³-hybridized carbons (Fsp3) is 0.167. The lowest BCUT2D eigenvalue weighted by Crippen LogP contribution is -2.13. The minimum atomic E-state index is -0.920. The van der Waals surface area contributed by atoms with Crippen LogP contribution in [0.4, 0.5) is 0 Å². The van der Waals surface area contributed by atoms with Crippen molar-refractivity contribution in [2.45, 2.75) is 18.9 Å². The minimum Gasteiger partial charge on any atom is -0.489 e. The molecule has 4 aromatic rings. The van der Waals surface area contributed by atoms with Crippen LogP contribution in [0.1, 0.15) is 29.3 Å². The Kier molecular flexibility index (Phi) is 6.41. The molecule has 162 valence electrons. The maximum absolute atomic E-state index is 11.3. The molecule has 0 aliphatic rings. The lowest BCUT2D eigenvalue weighted by atomic mass is 9.95. The van der Waals surface area contributed by atoms with Crippen molar-refractivity contribution in [3.8, 4) is 17.2 Å². The van der Waals surface area contributed by atoms with Gasteiger partial charge >= 0.3 is 5.97 Å². The first kappa shape index (κ1) is 21.0. The Morgan fingerprint density at radius 2 is 1.72 bits per heavy atom. The Hall–Kier alpha value is -4.20. The number of hydrogen-bond acceptors (Lipinski definition) is 6. The zero-order valence-electron chi connectivity index (χ0n) is 17.5. The summed E-state index contributed by atoms with van der Waals surface area (Å²) in [5, 5.41) is 20.7. The smallest absolute Gasteiger partial charge is 0.304 e. The molecule has 0 saturated carbocycles. The topological polar surface area (TPSA) is 99.4 Å². The first-order valence-corrected chi connectivity index (χ1v) is 10.1. The predicted molar refractivity (Wildman–Crippen MR) is 117 cm³/mol. The van der Waals surface area contributed by atoms with Crippen molar-refractivity contribution >= 4 is 5.97 Å². The number of benzene rings is 3. The lowest BCUT2D eigenvalue weighted by molar-refractivity contribution is -0.137. The number of carboxylic acid groups (broad SMARTS) is 1. The molecular weight excluding hydrogens is 408 g/mol. The third kappa shape index (κ3) is 5.28. The maximum atomic E-state index is 11.3. The molecule has 0 saturated heterocycles. The van der Waals surface area contributed by atoms with E-state index in [2.05, 4.69) is 15.5 Å². The van der Waals surface area contributed by atoms with E-state index in [9.17, 15) is 9.90 Å². The molecule has 0 amide bonds. The first-order valence-electron chi connectivity index (χ1n) is 10.1. The molecule has 4 rings (SSSR count). The van der Waals surface area contributed by atoms with Crippen LogP contribution in [0.15, 0.2) is 78.9 Å². The first-order chi connectivity index (χ1) is 15.6. The van der Waals surface area contributed by atoms with Gasteiger partial charge in [-0.25, -0.2) is 4.68 Å². The number of hydrogen-bond donors (Lipinski definition) is 1. The van der Waals surface area contributed by atoms with E-state index in [1.165, 1.54) is 4.68 Å². The molecule has 8 nitrogen and oxygen atoms in total. The van der Waals surface area contributed by atoms with Crippen LogP contribution in [-0.4, -0.2) is 31.3 Å². The Bertz CT molecular complexity index is 1180. The van der Waals surface area contributed by atoms with Gasteiger partial charge in [0.2, 0.25) is 0 Å². The van der Waals surface area contributed by atoms with E-state index in [-0.39, 0.29) is 6.42 Å². The highest BCUT2D eigenvalue weighted by Crippen LogP contribution is 2.28. The van der Waals surface area contributed by atoms with E-state index >= 15 is 0 Å². The van der Waals surface area contributed by atoms with Gasteiger partial charge in [-0.05, 0) is 58.0 Å². The van der Waals surface area contributed by atoms with Gasteiger partial charge in [-0.2, -0.15) is 0 Å². The van der Waals surface area contributed by atoms with Crippen molar-refractivity contribution in [3.05, 3.63) is 95.8 Å². The zero-order chi connectivity index (χ0) is 22.3. The molecule has 32 heavy (non-hydrogen) atoms. The average Bonchev–Trinajstić information content (AvgIpc) is 3.23. The van der Waals surface area contributed by atoms with Gasteiger partial charge in [-0.1, -0.05) is 42.5 Å². The Labute approximate surface area is 185 Å². The highest BCUT2D eigenvalue weighted by Gasteiger charge is 2.23. The fourth-order valence-electron chi connectivity index (χ4n) is 3.35. The normalized spacial score (nSPS) is 11.7. The lowest BCUT2D eigenvalue weighted by Gasteiger charge is -2.14. The van der Waals surface area contributed by atoms with Crippen molar-refractivity contribution in [1.29, 1.82) is 0 Å². The molecule has 0 bridgehead atoms. The van der Waals surface area contributed by atoms with Gasteiger partial charge in [0.05, 0.1) is 12.3 Å².